The van der Waals surface area contributed by atoms with E-state index in [2.05, 4.69) is 4.98 Å². The van der Waals surface area contributed by atoms with Gasteiger partial charge in [0.15, 0.2) is 17.8 Å². The lowest BCUT2D eigenvalue weighted by Gasteiger charge is -2.24. The maximum atomic E-state index is 14.6. The van der Waals surface area contributed by atoms with Crippen molar-refractivity contribution in [1.82, 2.24) is 14.8 Å². The van der Waals surface area contributed by atoms with Crippen LogP contribution < -0.4 is 0 Å². The van der Waals surface area contributed by atoms with Gasteiger partial charge in [-0.05, 0) is 24.8 Å². The molecule has 0 unspecified atom stereocenters. The molecule has 2 atom stereocenters. The number of benzene rings is 1. The summed E-state index contributed by atoms with van der Waals surface area (Å²) < 4.78 is 30.3. The van der Waals surface area contributed by atoms with Crippen LogP contribution in [0.3, 0.4) is 0 Å². The number of hydrogen-bond acceptors (Lipinski definition) is 4. The SMILES string of the molecule is Fc1ccccc1[C@@H]1C[C@H](F)c2nc(C3(C4CC4)SCCS3)nn21. The fourth-order valence-corrected chi connectivity index (χ4v) is 7.25. The second-order valence-electron chi connectivity index (χ2n) is 6.62. The van der Waals surface area contributed by atoms with Gasteiger partial charge in [0, 0.05) is 23.5 Å². The summed E-state index contributed by atoms with van der Waals surface area (Å²) in [6.45, 7) is 0. The summed E-state index contributed by atoms with van der Waals surface area (Å²) in [6.07, 6.45) is 1.43. The molecule has 3 heterocycles. The van der Waals surface area contributed by atoms with Crippen LogP contribution in [0.2, 0.25) is 0 Å². The van der Waals surface area contributed by atoms with E-state index in [9.17, 15) is 8.78 Å². The van der Waals surface area contributed by atoms with Crippen molar-refractivity contribution in [2.24, 2.45) is 5.92 Å². The first kappa shape index (κ1) is 15.2. The van der Waals surface area contributed by atoms with Gasteiger partial charge in [0.25, 0.3) is 0 Å². The van der Waals surface area contributed by atoms with Gasteiger partial charge in [0.2, 0.25) is 0 Å². The van der Waals surface area contributed by atoms with Crippen molar-refractivity contribution >= 4 is 23.5 Å². The summed E-state index contributed by atoms with van der Waals surface area (Å²) in [7, 11) is 0. The number of fused-ring (bicyclic) bond motifs is 1. The molecule has 0 bridgehead atoms. The van der Waals surface area contributed by atoms with Gasteiger partial charge in [-0.2, -0.15) is 5.10 Å². The second-order valence-corrected chi connectivity index (χ2v) is 9.56. The summed E-state index contributed by atoms with van der Waals surface area (Å²) in [6, 6.07) is 6.19. The molecule has 3 nitrogen and oxygen atoms in total. The van der Waals surface area contributed by atoms with E-state index in [-0.39, 0.29) is 16.3 Å². The smallest absolute Gasteiger partial charge is 0.177 e. The summed E-state index contributed by atoms with van der Waals surface area (Å²) >= 11 is 3.80. The third-order valence-corrected chi connectivity index (χ3v) is 8.74. The van der Waals surface area contributed by atoms with Crippen molar-refractivity contribution < 1.29 is 8.78 Å². The standard InChI is InChI=1S/C17H17F2N3S2/c18-12-4-2-1-3-11(12)14-9-13(19)15-20-16(21-22(14)15)17(10-5-6-10)23-7-8-24-17/h1-4,10,13-14H,5-9H2/t13-,14-/m0/s1. The van der Waals surface area contributed by atoms with E-state index in [0.717, 1.165) is 17.3 Å². The highest BCUT2D eigenvalue weighted by Gasteiger charge is 2.53. The number of rotatable bonds is 3. The van der Waals surface area contributed by atoms with Gasteiger partial charge in [0.05, 0.1) is 6.04 Å². The minimum atomic E-state index is -1.18. The van der Waals surface area contributed by atoms with Crippen LogP contribution in [0.15, 0.2) is 24.3 Å². The summed E-state index contributed by atoms with van der Waals surface area (Å²) in [5.41, 5.74) is 0.502. The van der Waals surface area contributed by atoms with E-state index in [1.807, 2.05) is 23.5 Å². The van der Waals surface area contributed by atoms with E-state index in [0.29, 0.717) is 17.3 Å². The van der Waals surface area contributed by atoms with Crippen molar-refractivity contribution in [2.75, 3.05) is 11.5 Å². The fourth-order valence-electron chi connectivity index (χ4n) is 3.77. The zero-order chi connectivity index (χ0) is 16.3. The Kier molecular flexibility index (Phi) is 3.46. The topological polar surface area (TPSA) is 30.7 Å². The summed E-state index contributed by atoms with van der Waals surface area (Å²) in [4.78, 5) is 4.61. The molecule has 126 valence electrons. The van der Waals surface area contributed by atoms with Crippen LogP contribution in [-0.4, -0.2) is 26.3 Å². The van der Waals surface area contributed by atoms with Crippen LogP contribution >= 0.6 is 23.5 Å². The molecule has 0 spiro atoms. The first-order chi connectivity index (χ1) is 11.7. The number of hydrogen-bond donors (Lipinski definition) is 0. The Morgan fingerprint density at radius 3 is 2.62 bits per heavy atom. The van der Waals surface area contributed by atoms with Crippen molar-refractivity contribution in [1.29, 1.82) is 0 Å². The Balaban J connectivity index is 1.58. The summed E-state index contributed by atoms with van der Waals surface area (Å²) in [5, 5.41) is 4.71. The predicted molar refractivity (Wildman–Crippen MR) is 92.3 cm³/mol. The Bertz CT molecular complexity index is 784. The van der Waals surface area contributed by atoms with Crippen molar-refractivity contribution in [2.45, 2.75) is 35.6 Å². The highest BCUT2D eigenvalue weighted by Crippen LogP contribution is 2.63. The average Bonchev–Trinajstić information content (AvgIpc) is 3.05. The number of thioether (sulfide) groups is 2. The molecule has 1 aromatic heterocycles. The van der Waals surface area contributed by atoms with Gasteiger partial charge in [0.1, 0.15) is 9.90 Å². The fraction of sp³-hybridized carbons (Fsp3) is 0.529. The number of nitrogens with zero attached hydrogens (tertiary/aromatic N) is 3. The highest BCUT2D eigenvalue weighted by molar-refractivity contribution is 8.20. The van der Waals surface area contributed by atoms with Crippen molar-refractivity contribution in [3.63, 3.8) is 0 Å². The van der Waals surface area contributed by atoms with Crippen LogP contribution in [0.5, 0.6) is 0 Å². The van der Waals surface area contributed by atoms with Crippen LogP contribution in [0.1, 0.15) is 48.7 Å². The Hall–Kier alpha value is -1.08. The second kappa shape index (κ2) is 5.46. The largest absolute Gasteiger partial charge is 0.239 e. The van der Waals surface area contributed by atoms with E-state index in [1.165, 1.54) is 18.9 Å². The number of aromatic nitrogens is 3. The van der Waals surface area contributed by atoms with Crippen LogP contribution in [0, 0.1) is 11.7 Å². The van der Waals surface area contributed by atoms with E-state index < -0.39 is 12.2 Å². The van der Waals surface area contributed by atoms with Crippen LogP contribution in [0.4, 0.5) is 8.78 Å². The van der Waals surface area contributed by atoms with Crippen molar-refractivity contribution in [3.8, 4) is 0 Å². The van der Waals surface area contributed by atoms with E-state index in [4.69, 9.17) is 5.10 Å². The van der Waals surface area contributed by atoms with Crippen LogP contribution in [0.25, 0.3) is 0 Å². The minimum absolute atomic E-state index is 0.114. The molecule has 7 heteroatoms. The third-order valence-electron chi connectivity index (χ3n) is 5.07. The number of alkyl halides is 1. The normalized spacial score (nSPS) is 28.2. The molecule has 0 radical (unpaired) electrons. The molecule has 1 saturated carbocycles. The molecule has 2 fully saturated rings. The number of halogens is 2. The molecule has 24 heavy (non-hydrogen) atoms. The Morgan fingerprint density at radius 1 is 1.17 bits per heavy atom. The molecule has 1 aliphatic carbocycles. The first-order valence-corrected chi connectivity index (χ1v) is 10.3. The van der Waals surface area contributed by atoms with Gasteiger partial charge in [-0.1, -0.05) is 18.2 Å². The first-order valence-electron chi connectivity index (χ1n) is 8.32. The molecule has 0 N–H and O–H groups in total. The molecule has 2 aliphatic heterocycles. The molecule has 3 aliphatic rings. The molecule has 1 aromatic carbocycles. The maximum absolute atomic E-state index is 14.6. The van der Waals surface area contributed by atoms with Gasteiger partial charge in [-0.15, -0.1) is 23.5 Å². The van der Waals surface area contributed by atoms with Crippen LogP contribution in [-0.2, 0) is 4.08 Å². The van der Waals surface area contributed by atoms with Gasteiger partial charge < -0.3 is 0 Å². The molecular formula is C17H17F2N3S2. The Labute approximate surface area is 147 Å². The molecule has 2 aromatic rings. The zero-order valence-electron chi connectivity index (χ0n) is 13.0. The van der Waals surface area contributed by atoms with E-state index >= 15 is 0 Å². The average molecular weight is 365 g/mol. The van der Waals surface area contributed by atoms with Crippen molar-refractivity contribution in [3.05, 3.63) is 47.3 Å². The van der Waals surface area contributed by atoms with Gasteiger partial charge >= 0.3 is 0 Å². The van der Waals surface area contributed by atoms with Gasteiger partial charge in [-0.3, -0.25) is 0 Å². The maximum Gasteiger partial charge on any atom is 0.177 e. The Morgan fingerprint density at radius 2 is 1.92 bits per heavy atom. The van der Waals surface area contributed by atoms with E-state index in [1.54, 1.807) is 22.9 Å². The quantitative estimate of drug-likeness (QED) is 0.803. The molecule has 1 saturated heterocycles. The highest BCUT2D eigenvalue weighted by atomic mass is 32.2. The molecule has 0 amide bonds. The lowest BCUT2D eigenvalue weighted by atomic mass is 10.0. The summed E-state index contributed by atoms with van der Waals surface area (Å²) in [5.74, 6) is 3.56. The predicted octanol–water partition coefficient (Wildman–Crippen LogP) is 4.46. The zero-order valence-corrected chi connectivity index (χ0v) is 14.6. The third kappa shape index (κ3) is 2.17. The monoisotopic (exact) mass is 365 g/mol. The molecule has 5 rings (SSSR count). The van der Waals surface area contributed by atoms with Gasteiger partial charge in [-0.25, -0.2) is 18.4 Å². The lowest BCUT2D eigenvalue weighted by molar-refractivity contribution is 0.326. The minimum Gasteiger partial charge on any atom is -0.239 e. The lowest BCUT2D eigenvalue weighted by Crippen LogP contribution is -2.21. The molecular weight excluding hydrogens is 348 g/mol.